The van der Waals surface area contributed by atoms with Gasteiger partial charge in [-0.2, -0.15) is 0 Å². The Kier molecular flexibility index (Phi) is 3.70. The third kappa shape index (κ3) is 2.45. The second-order valence-corrected chi connectivity index (χ2v) is 7.43. The molecule has 0 radical (unpaired) electrons. The zero-order valence-corrected chi connectivity index (χ0v) is 16.2. The minimum Gasteiger partial charge on any atom is -0.0607 e. The SMILES string of the molecule is C(C#CC1=C2C=CC=C[C+]2c2ccccc21)#CC1=C2[CH+]C=CC=C2c2ccccc21. The molecule has 6 rings (SSSR count). The van der Waals surface area contributed by atoms with Crippen LogP contribution < -0.4 is 0 Å². The summed E-state index contributed by atoms with van der Waals surface area (Å²) in [5, 5.41) is 0. The van der Waals surface area contributed by atoms with Crippen LogP contribution in [0, 0.1) is 36.0 Å². The van der Waals surface area contributed by atoms with E-state index in [1.165, 1.54) is 44.9 Å². The lowest BCUT2D eigenvalue weighted by atomic mass is 9.92. The van der Waals surface area contributed by atoms with E-state index in [-0.39, 0.29) is 0 Å². The molecule has 30 heavy (non-hydrogen) atoms. The first-order valence-electron chi connectivity index (χ1n) is 10.1. The third-order valence-electron chi connectivity index (χ3n) is 5.80. The van der Waals surface area contributed by atoms with Crippen molar-refractivity contribution in [1.29, 1.82) is 0 Å². The van der Waals surface area contributed by atoms with Crippen LogP contribution in [-0.2, 0) is 0 Å². The molecule has 0 bridgehead atoms. The van der Waals surface area contributed by atoms with Crippen LogP contribution in [0.4, 0.5) is 0 Å². The van der Waals surface area contributed by atoms with Gasteiger partial charge in [-0.25, -0.2) is 0 Å². The fourth-order valence-corrected chi connectivity index (χ4v) is 4.49. The predicted molar refractivity (Wildman–Crippen MR) is 124 cm³/mol. The molecule has 0 saturated heterocycles. The minimum absolute atomic E-state index is 1.06. The first kappa shape index (κ1) is 16.7. The molecule has 0 unspecified atom stereocenters. The van der Waals surface area contributed by atoms with Gasteiger partial charge in [0.15, 0.2) is 0 Å². The van der Waals surface area contributed by atoms with E-state index in [0.29, 0.717) is 0 Å². The third-order valence-corrected chi connectivity index (χ3v) is 5.80. The fraction of sp³-hybridized carbons (Fsp3) is 0. The van der Waals surface area contributed by atoms with Gasteiger partial charge in [-0.1, -0.05) is 12.1 Å². The van der Waals surface area contributed by atoms with Gasteiger partial charge >= 0.3 is 0 Å². The molecule has 0 atom stereocenters. The quantitative estimate of drug-likeness (QED) is 0.383. The first-order chi connectivity index (χ1) is 14.9. The van der Waals surface area contributed by atoms with Gasteiger partial charge in [0.2, 0.25) is 0 Å². The summed E-state index contributed by atoms with van der Waals surface area (Å²) in [5.74, 6) is 14.2. The van der Waals surface area contributed by atoms with E-state index in [9.17, 15) is 0 Å². The maximum atomic E-state index is 3.35. The molecular weight excluding hydrogens is 360 g/mol. The van der Waals surface area contributed by atoms with Crippen molar-refractivity contribution in [3.63, 3.8) is 0 Å². The number of hydrogen-bond acceptors (Lipinski definition) is 0. The van der Waals surface area contributed by atoms with E-state index in [4.69, 9.17) is 0 Å². The van der Waals surface area contributed by atoms with Crippen molar-refractivity contribution in [2.45, 2.75) is 0 Å². The van der Waals surface area contributed by atoms with E-state index < -0.39 is 0 Å². The normalized spacial score (nSPS) is 16.5. The van der Waals surface area contributed by atoms with Gasteiger partial charge < -0.3 is 0 Å². The Morgan fingerprint density at radius 1 is 0.733 bits per heavy atom. The molecule has 4 aliphatic rings. The molecule has 0 N–H and O–H groups in total. The maximum Gasteiger partial charge on any atom is 0.122 e. The highest BCUT2D eigenvalue weighted by atomic mass is 14.3. The van der Waals surface area contributed by atoms with Gasteiger partial charge in [-0.3, -0.25) is 0 Å². The van der Waals surface area contributed by atoms with E-state index >= 15 is 0 Å². The summed E-state index contributed by atoms with van der Waals surface area (Å²) < 4.78 is 0. The van der Waals surface area contributed by atoms with Crippen LogP contribution in [0.25, 0.3) is 16.7 Å². The molecule has 4 aliphatic carbocycles. The van der Waals surface area contributed by atoms with Crippen LogP contribution in [-0.4, -0.2) is 0 Å². The van der Waals surface area contributed by atoms with E-state index in [1.54, 1.807) is 0 Å². The van der Waals surface area contributed by atoms with E-state index in [0.717, 1.165) is 11.1 Å². The van der Waals surface area contributed by atoms with Gasteiger partial charge in [-0.05, 0) is 60.4 Å². The monoisotopic (exact) mass is 376 g/mol. The molecule has 0 aliphatic heterocycles. The highest BCUT2D eigenvalue weighted by Gasteiger charge is 2.35. The number of hydrogen-bond donors (Lipinski definition) is 0. The molecule has 0 fully saturated rings. The highest BCUT2D eigenvalue weighted by molar-refractivity contribution is 6.07. The predicted octanol–water partition coefficient (Wildman–Crippen LogP) is 6.13. The Bertz CT molecular complexity index is 1380. The number of fused-ring (bicyclic) bond motifs is 6. The Morgan fingerprint density at radius 2 is 1.50 bits per heavy atom. The second kappa shape index (κ2) is 6.66. The van der Waals surface area contributed by atoms with Gasteiger partial charge in [0.1, 0.15) is 16.7 Å². The Morgan fingerprint density at radius 3 is 2.40 bits per heavy atom. The van der Waals surface area contributed by atoms with Gasteiger partial charge in [-0.15, -0.1) is 0 Å². The lowest BCUT2D eigenvalue weighted by Gasteiger charge is -2.04. The largest absolute Gasteiger partial charge is 0.122 e. The fourth-order valence-electron chi connectivity index (χ4n) is 4.49. The van der Waals surface area contributed by atoms with Crippen molar-refractivity contribution in [1.82, 2.24) is 0 Å². The molecular formula is C30H16+2. The van der Waals surface area contributed by atoms with Crippen LogP contribution in [0.2, 0.25) is 0 Å². The Hall–Kier alpha value is -4.26. The molecule has 2 aromatic carbocycles. The highest BCUT2D eigenvalue weighted by Crippen LogP contribution is 2.44. The van der Waals surface area contributed by atoms with Crippen molar-refractivity contribution < 1.29 is 0 Å². The molecule has 0 nitrogen and oxygen atoms in total. The van der Waals surface area contributed by atoms with Crippen LogP contribution in [0.5, 0.6) is 0 Å². The molecule has 134 valence electrons. The zero-order chi connectivity index (χ0) is 19.9. The molecule has 0 heterocycles. The van der Waals surface area contributed by atoms with Gasteiger partial charge in [0.25, 0.3) is 0 Å². The first-order valence-corrected chi connectivity index (χ1v) is 10.1. The summed E-state index contributed by atoms with van der Waals surface area (Å²) >= 11 is 0. The van der Waals surface area contributed by atoms with E-state index in [2.05, 4.69) is 121 Å². The minimum atomic E-state index is 1.06. The van der Waals surface area contributed by atoms with Crippen molar-refractivity contribution >= 4 is 16.7 Å². The van der Waals surface area contributed by atoms with Crippen molar-refractivity contribution in [2.24, 2.45) is 0 Å². The molecule has 0 saturated carbocycles. The van der Waals surface area contributed by atoms with Gasteiger partial charge in [0.05, 0.1) is 33.8 Å². The second-order valence-electron chi connectivity index (χ2n) is 7.43. The topological polar surface area (TPSA) is 0 Å². The van der Waals surface area contributed by atoms with Crippen molar-refractivity contribution in [3.8, 4) is 23.7 Å². The van der Waals surface area contributed by atoms with Crippen molar-refractivity contribution in [2.75, 3.05) is 0 Å². The molecule has 0 amide bonds. The molecule has 0 heteroatoms. The lowest BCUT2D eigenvalue weighted by molar-refractivity contribution is 1.33. The molecule has 0 aromatic heterocycles. The summed E-state index contributed by atoms with van der Waals surface area (Å²) in [6, 6.07) is 16.9. The smallest absolute Gasteiger partial charge is 0.0607 e. The number of benzene rings is 2. The van der Waals surface area contributed by atoms with Crippen LogP contribution in [0.3, 0.4) is 0 Å². The van der Waals surface area contributed by atoms with E-state index in [1.807, 2.05) is 0 Å². The summed E-state index contributed by atoms with van der Waals surface area (Å²) in [4.78, 5) is 0. The molecule has 2 aromatic rings. The van der Waals surface area contributed by atoms with Crippen LogP contribution in [0.15, 0.2) is 102 Å². The lowest BCUT2D eigenvalue weighted by Crippen LogP contribution is -1.96. The zero-order valence-electron chi connectivity index (χ0n) is 16.2. The maximum absolute atomic E-state index is 3.35. The van der Waals surface area contributed by atoms with Crippen LogP contribution in [0.1, 0.15) is 22.3 Å². The number of rotatable bonds is 0. The summed E-state index contributed by atoms with van der Waals surface area (Å²) in [7, 11) is 0. The molecule has 0 spiro atoms. The summed E-state index contributed by atoms with van der Waals surface area (Å²) in [6.45, 7) is 0. The summed E-state index contributed by atoms with van der Waals surface area (Å²) in [6.07, 6.45) is 16.9. The average Bonchev–Trinajstić information content (AvgIpc) is 3.30. The average molecular weight is 376 g/mol. The van der Waals surface area contributed by atoms with Crippen molar-refractivity contribution in [3.05, 3.63) is 137 Å². The van der Waals surface area contributed by atoms with Gasteiger partial charge in [0, 0.05) is 54.2 Å². The Labute approximate surface area is 177 Å². The standard InChI is InChI=1S/C30H16/c1-5-15-25-21(11-1)22-12-2-6-16-26(22)29(25)19-9-10-20-30-27-17-7-3-13-23(27)24-14-4-8-18-28(24)30/h1-8,11-18H/q+2. The van der Waals surface area contributed by atoms with Crippen LogP contribution >= 0.6 is 0 Å². The Balaban J connectivity index is 1.41. The number of allylic oxidation sites excluding steroid dienone is 12. The summed E-state index contributed by atoms with van der Waals surface area (Å²) in [5.41, 5.74) is 10.6.